The molecule has 4 heteroatoms. The van der Waals surface area contributed by atoms with Crippen molar-refractivity contribution >= 4 is 43.2 Å². The molecule has 0 spiro atoms. The van der Waals surface area contributed by atoms with Crippen LogP contribution in [0.1, 0.15) is 16.1 Å². The van der Waals surface area contributed by atoms with Gasteiger partial charge in [0.15, 0.2) is 0 Å². The first-order valence-electron chi connectivity index (χ1n) is 4.53. The molecule has 2 rings (SSSR count). The second-order valence-corrected chi connectivity index (χ2v) is 6.57. The van der Waals surface area contributed by atoms with E-state index in [4.69, 9.17) is 0 Å². The Morgan fingerprint density at radius 1 is 1.40 bits per heavy atom. The normalized spacial score (nSPS) is 12.7. The van der Waals surface area contributed by atoms with Gasteiger partial charge < -0.3 is 0 Å². The van der Waals surface area contributed by atoms with Crippen LogP contribution in [0.5, 0.6) is 0 Å². The highest BCUT2D eigenvalue weighted by molar-refractivity contribution is 9.11. The van der Waals surface area contributed by atoms with Gasteiger partial charge in [0.05, 0.1) is 3.79 Å². The molecule has 0 aliphatic carbocycles. The van der Waals surface area contributed by atoms with Gasteiger partial charge >= 0.3 is 0 Å². The van der Waals surface area contributed by atoms with Crippen molar-refractivity contribution in [3.05, 3.63) is 50.9 Å². The molecule has 2 aromatic heterocycles. The molecule has 1 unspecified atom stereocenters. The van der Waals surface area contributed by atoms with E-state index in [0.717, 1.165) is 12.1 Å². The molecule has 0 saturated heterocycles. The van der Waals surface area contributed by atoms with Gasteiger partial charge in [-0.15, -0.1) is 11.3 Å². The van der Waals surface area contributed by atoms with Crippen LogP contribution in [0.4, 0.5) is 0 Å². The lowest BCUT2D eigenvalue weighted by Crippen LogP contribution is -1.95. The molecule has 0 aliphatic rings. The van der Waals surface area contributed by atoms with E-state index in [1.807, 2.05) is 18.3 Å². The fourth-order valence-electron chi connectivity index (χ4n) is 1.31. The molecule has 0 aliphatic heterocycles. The van der Waals surface area contributed by atoms with E-state index in [1.54, 1.807) is 11.3 Å². The Hall–Kier alpha value is -0.190. The predicted octanol–water partition coefficient (Wildman–Crippen LogP) is 4.58. The summed E-state index contributed by atoms with van der Waals surface area (Å²) in [5.41, 5.74) is 2.42. The molecule has 15 heavy (non-hydrogen) atoms. The molecular formula is C11H9Br2NS. The first-order chi connectivity index (χ1) is 7.25. The van der Waals surface area contributed by atoms with Crippen LogP contribution >= 0.6 is 43.2 Å². The van der Waals surface area contributed by atoms with Crippen LogP contribution in [0.15, 0.2) is 39.6 Å². The molecular weight excluding hydrogens is 338 g/mol. The highest BCUT2D eigenvalue weighted by Crippen LogP contribution is 2.32. The van der Waals surface area contributed by atoms with Crippen molar-refractivity contribution in [1.82, 2.24) is 4.98 Å². The summed E-state index contributed by atoms with van der Waals surface area (Å²) in [6.45, 7) is 0. The SMILES string of the molecule is Brc1cc(C(Br)Cc2ccccn2)cs1. The molecule has 2 heterocycles. The monoisotopic (exact) mass is 345 g/mol. The number of rotatable bonds is 3. The van der Waals surface area contributed by atoms with Crippen LogP contribution in [0, 0.1) is 0 Å². The number of nitrogens with zero attached hydrogens (tertiary/aromatic N) is 1. The van der Waals surface area contributed by atoms with Crippen molar-refractivity contribution in [2.75, 3.05) is 0 Å². The molecule has 0 aromatic carbocycles. The van der Waals surface area contributed by atoms with Crippen molar-refractivity contribution in [2.45, 2.75) is 11.2 Å². The minimum Gasteiger partial charge on any atom is -0.261 e. The second kappa shape index (κ2) is 5.23. The van der Waals surface area contributed by atoms with Crippen molar-refractivity contribution in [2.24, 2.45) is 0 Å². The van der Waals surface area contributed by atoms with Crippen molar-refractivity contribution in [3.8, 4) is 0 Å². The highest BCUT2D eigenvalue weighted by Gasteiger charge is 2.10. The van der Waals surface area contributed by atoms with Gasteiger partial charge in [-0.25, -0.2) is 0 Å². The third-order valence-corrected chi connectivity index (χ3v) is 4.44. The third-order valence-electron chi connectivity index (χ3n) is 2.06. The maximum absolute atomic E-state index is 4.31. The Labute approximate surface area is 110 Å². The first-order valence-corrected chi connectivity index (χ1v) is 7.12. The average molecular weight is 347 g/mol. The number of thiophene rings is 1. The maximum atomic E-state index is 4.31. The largest absolute Gasteiger partial charge is 0.261 e. The van der Waals surface area contributed by atoms with Crippen molar-refractivity contribution < 1.29 is 0 Å². The average Bonchev–Trinajstić information content (AvgIpc) is 2.66. The summed E-state index contributed by atoms with van der Waals surface area (Å²) >= 11 is 8.86. The number of hydrogen-bond acceptors (Lipinski definition) is 2. The number of aromatic nitrogens is 1. The van der Waals surface area contributed by atoms with Crippen LogP contribution in [-0.4, -0.2) is 4.98 Å². The zero-order valence-electron chi connectivity index (χ0n) is 7.86. The van der Waals surface area contributed by atoms with Gasteiger partial charge in [-0.05, 0) is 45.1 Å². The Bertz CT molecular complexity index is 427. The molecule has 0 saturated carbocycles. The summed E-state index contributed by atoms with van der Waals surface area (Å²) in [4.78, 5) is 4.66. The maximum Gasteiger partial charge on any atom is 0.0701 e. The minimum absolute atomic E-state index is 0.343. The number of hydrogen-bond donors (Lipinski definition) is 0. The van der Waals surface area contributed by atoms with E-state index < -0.39 is 0 Å². The standard InChI is InChI=1S/C11H9Br2NS/c12-10(8-5-11(13)15-7-8)6-9-3-1-2-4-14-9/h1-5,7,10H,6H2. The van der Waals surface area contributed by atoms with E-state index in [-0.39, 0.29) is 0 Å². The topological polar surface area (TPSA) is 12.9 Å². The van der Waals surface area contributed by atoms with Gasteiger partial charge in [0.25, 0.3) is 0 Å². The number of halogens is 2. The van der Waals surface area contributed by atoms with E-state index in [0.29, 0.717) is 4.83 Å². The molecule has 1 atom stereocenters. The lowest BCUT2D eigenvalue weighted by molar-refractivity contribution is 0.908. The van der Waals surface area contributed by atoms with Crippen molar-refractivity contribution in [3.63, 3.8) is 0 Å². The lowest BCUT2D eigenvalue weighted by Gasteiger charge is -2.06. The number of alkyl halides is 1. The zero-order valence-corrected chi connectivity index (χ0v) is 11.8. The lowest BCUT2D eigenvalue weighted by atomic mass is 10.1. The van der Waals surface area contributed by atoms with Crippen LogP contribution in [0.2, 0.25) is 0 Å². The summed E-state index contributed by atoms with van der Waals surface area (Å²) in [6, 6.07) is 8.15. The molecule has 2 aromatic rings. The summed E-state index contributed by atoms with van der Waals surface area (Å²) in [6.07, 6.45) is 2.75. The molecule has 78 valence electrons. The van der Waals surface area contributed by atoms with Crippen LogP contribution < -0.4 is 0 Å². The molecule has 0 amide bonds. The number of pyridine rings is 1. The van der Waals surface area contributed by atoms with Crippen LogP contribution in [0.3, 0.4) is 0 Å². The third kappa shape index (κ3) is 3.13. The molecule has 0 N–H and O–H groups in total. The van der Waals surface area contributed by atoms with Gasteiger partial charge in [-0.2, -0.15) is 0 Å². The van der Waals surface area contributed by atoms with Gasteiger partial charge in [-0.3, -0.25) is 4.98 Å². The summed E-state index contributed by atoms with van der Waals surface area (Å²) in [7, 11) is 0. The van der Waals surface area contributed by atoms with Gasteiger partial charge in [0, 0.05) is 23.1 Å². The predicted molar refractivity (Wildman–Crippen MR) is 71.6 cm³/mol. The minimum atomic E-state index is 0.343. The van der Waals surface area contributed by atoms with Crippen LogP contribution in [-0.2, 0) is 6.42 Å². The fourth-order valence-corrected chi connectivity index (χ4v) is 3.31. The Morgan fingerprint density at radius 3 is 2.87 bits per heavy atom. The summed E-state index contributed by atoms with van der Waals surface area (Å²) in [5.74, 6) is 0. The van der Waals surface area contributed by atoms with E-state index in [2.05, 4.69) is 54.4 Å². The quantitative estimate of drug-likeness (QED) is 0.741. The Balaban J connectivity index is 2.07. The highest BCUT2D eigenvalue weighted by atomic mass is 79.9. The zero-order chi connectivity index (χ0) is 10.7. The second-order valence-electron chi connectivity index (χ2n) is 3.18. The van der Waals surface area contributed by atoms with E-state index in [1.165, 1.54) is 9.35 Å². The Kier molecular flexibility index (Phi) is 3.94. The van der Waals surface area contributed by atoms with Gasteiger partial charge in [-0.1, -0.05) is 22.0 Å². The fraction of sp³-hybridized carbons (Fsp3) is 0.182. The molecule has 0 bridgehead atoms. The van der Waals surface area contributed by atoms with Crippen molar-refractivity contribution in [1.29, 1.82) is 0 Å². The summed E-state index contributed by atoms with van der Waals surface area (Å²) < 4.78 is 1.17. The van der Waals surface area contributed by atoms with Crippen LogP contribution in [0.25, 0.3) is 0 Å². The van der Waals surface area contributed by atoms with Gasteiger partial charge in [0.2, 0.25) is 0 Å². The first kappa shape index (κ1) is 11.3. The Morgan fingerprint density at radius 2 is 2.27 bits per heavy atom. The van der Waals surface area contributed by atoms with E-state index in [9.17, 15) is 0 Å². The van der Waals surface area contributed by atoms with E-state index >= 15 is 0 Å². The molecule has 0 fully saturated rings. The summed E-state index contributed by atoms with van der Waals surface area (Å²) in [5, 5.41) is 2.16. The molecule has 1 nitrogen and oxygen atoms in total. The smallest absolute Gasteiger partial charge is 0.0701 e. The van der Waals surface area contributed by atoms with Gasteiger partial charge in [0.1, 0.15) is 0 Å². The molecule has 0 radical (unpaired) electrons.